The Kier molecular flexibility index (Phi) is 12.7. The van der Waals surface area contributed by atoms with Crippen LogP contribution in [0, 0.1) is 17.7 Å². The van der Waals surface area contributed by atoms with Crippen LogP contribution in [0.1, 0.15) is 88.8 Å². The summed E-state index contributed by atoms with van der Waals surface area (Å²) in [4.78, 5) is 27.3. The summed E-state index contributed by atoms with van der Waals surface area (Å²) in [6.45, 7) is 6.58. The number of methoxy groups -OCH3 is 1. The van der Waals surface area contributed by atoms with Crippen molar-refractivity contribution in [3.05, 3.63) is 82.4 Å². The predicted molar refractivity (Wildman–Crippen MR) is 179 cm³/mol. The summed E-state index contributed by atoms with van der Waals surface area (Å²) in [7, 11) is 1.61. The number of alkyl halides is 1. The molecule has 2 aliphatic carbocycles. The van der Waals surface area contributed by atoms with Gasteiger partial charge in [-0.25, -0.2) is 4.39 Å². The van der Waals surface area contributed by atoms with Crippen molar-refractivity contribution in [2.45, 2.75) is 96.5 Å². The second-order valence-corrected chi connectivity index (χ2v) is 13.0. The Morgan fingerprint density at radius 1 is 1.13 bits per heavy atom. The number of ether oxygens (including phenoxy) is 4. The van der Waals surface area contributed by atoms with Crippen molar-refractivity contribution in [3.63, 3.8) is 0 Å². The third-order valence-corrected chi connectivity index (χ3v) is 9.21. The van der Waals surface area contributed by atoms with E-state index in [-0.39, 0.29) is 36.7 Å². The molecule has 5 rings (SSSR count). The first kappa shape index (κ1) is 35.5. The van der Waals surface area contributed by atoms with Crippen molar-refractivity contribution in [2.75, 3.05) is 20.1 Å². The molecule has 1 heterocycles. The molecule has 2 aromatic carbocycles. The molecule has 46 heavy (non-hydrogen) atoms. The van der Waals surface area contributed by atoms with E-state index >= 15 is 0 Å². The molecular formula is C38H48ClFO6. The van der Waals surface area contributed by atoms with E-state index in [1.54, 1.807) is 13.2 Å². The van der Waals surface area contributed by atoms with Crippen LogP contribution in [0.2, 0.25) is 0 Å². The third kappa shape index (κ3) is 8.52. The first-order valence-electron chi connectivity index (χ1n) is 16.4. The zero-order chi connectivity index (χ0) is 33.3. The average molecular weight is 655 g/mol. The number of carbonyl (C=O) groups is 2. The van der Waals surface area contributed by atoms with Gasteiger partial charge in [0.15, 0.2) is 6.10 Å². The van der Waals surface area contributed by atoms with Crippen molar-refractivity contribution in [1.29, 1.82) is 0 Å². The number of allylic oxidation sites excluding steroid dienone is 2. The molecule has 6 nitrogen and oxygen atoms in total. The van der Waals surface area contributed by atoms with E-state index in [1.807, 2.05) is 31.2 Å². The van der Waals surface area contributed by atoms with Gasteiger partial charge in [-0.2, -0.15) is 0 Å². The van der Waals surface area contributed by atoms with Gasteiger partial charge in [-0.3, -0.25) is 9.59 Å². The van der Waals surface area contributed by atoms with Crippen molar-refractivity contribution in [3.8, 4) is 11.5 Å². The van der Waals surface area contributed by atoms with Crippen LogP contribution in [0.25, 0.3) is 0 Å². The van der Waals surface area contributed by atoms with E-state index in [9.17, 15) is 14.0 Å². The normalized spacial score (nSPS) is 23.3. The second-order valence-electron chi connectivity index (χ2n) is 13.0. The van der Waals surface area contributed by atoms with Gasteiger partial charge in [0.1, 0.15) is 23.1 Å². The largest absolute Gasteiger partial charge is 0.496 e. The van der Waals surface area contributed by atoms with Crippen LogP contribution in [0.4, 0.5) is 4.39 Å². The standard InChI is InChI=1S/C37H45FO6.CH3Cl/c1-24(2)11-13-27-14-16-31-30(35(27)41-4)22-34(39)42-23-26-19-25(3)12-15-32(33(20-26)43-31)44-36(40)37(17-6-5-7-18-37)28-9-8-10-29(38)21-28;1-2/h8-10,14-16,19,21,24,26,33H,5-7,11-13,17-18,20,22-23H2,1-4H3;1H3/b25-19-,32-15+;. The molecule has 1 saturated carbocycles. The van der Waals surface area contributed by atoms with Gasteiger partial charge < -0.3 is 18.9 Å². The maximum Gasteiger partial charge on any atom is 0.321 e. The fourth-order valence-corrected chi connectivity index (χ4v) is 6.79. The van der Waals surface area contributed by atoms with Gasteiger partial charge in [-0.1, -0.05) is 63.0 Å². The minimum Gasteiger partial charge on any atom is -0.496 e. The molecule has 3 aliphatic rings. The highest BCUT2D eigenvalue weighted by molar-refractivity contribution is 6.15. The van der Waals surface area contributed by atoms with Gasteiger partial charge in [0.25, 0.3) is 0 Å². The maximum absolute atomic E-state index is 14.4. The zero-order valence-corrected chi connectivity index (χ0v) is 28.6. The zero-order valence-electron chi connectivity index (χ0n) is 27.8. The molecule has 2 bridgehead atoms. The van der Waals surface area contributed by atoms with Gasteiger partial charge in [0.2, 0.25) is 0 Å². The number of hydrogen-bond acceptors (Lipinski definition) is 6. The van der Waals surface area contributed by atoms with E-state index in [1.165, 1.54) is 18.5 Å². The summed E-state index contributed by atoms with van der Waals surface area (Å²) in [5, 5.41) is 0. The molecule has 1 aliphatic heterocycles. The molecular weight excluding hydrogens is 607 g/mol. The second kappa shape index (κ2) is 16.5. The highest BCUT2D eigenvalue weighted by Gasteiger charge is 2.44. The number of benzene rings is 2. The lowest BCUT2D eigenvalue weighted by atomic mass is 9.69. The van der Waals surface area contributed by atoms with Crippen LogP contribution in [0.3, 0.4) is 0 Å². The smallest absolute Gasteiger partial charge is 0.321 e. The molecule has 0 radical (unpaired) electrons. The Bertz CT molecular complexity index is 1420. The number of esters is 2. The maximum atomic E-state index is 14.4. The van der Waals surface area contributed by atoms with Crippen LogP contribution in [0.15, 0.2) is 59.9 Å². The Hall–Kier alpha value is -3.32. The minimum absolute atomic E-state index is 0.0116. The van der Waals surface area contributed by atoms with Gasteiger partial charge in [-0.15, -0.1) is 11.6 Å². The van der Waals surface area contributed by atoms with Crippen molar-refractivity contribution >= 4 is 23.5 Å². The monoisotopic (exact) mass is 654 g/mol. The minimum atomic E-state index is -0.925. The predicted octanol–water partition coefficient (Wildman–Crippen LogP) is 8.81. The first-order valence-corrected chi connectivity index (χ1v) is 17.2. The number of fused-ring (bicyclic) bond motifs is 3. The van der Waals surface area contributed by atoms with Crippen molar-refractivity contribution in [2.24, 2.45) is 11.8 Å². The molecule has 0 aromatic heterocycles. The lowest BCUT2D eigenvalue weighted by Gasteiger charge is -2.37. The van der Waals surface area contributed by atoms with E-state index < -0.39 is 11.5 Å². The molecule has 0 saturated heterocycles. The molecule has 0 amide bonds. The highest BCUT2D eigenvalue weighted by Crippen LogP contribution is 2.43. The third-order valence-electron chi connectivity index (χ3n) is 9.21. The number of rotatable bonds is 7. The van der Waals surface area contributed by atoms with Gasteiger partial charge >= 0.3 is 11.9 Å². The van der Waals surface area contributed by atoms with E-state index in [2.05, 4.69) is 31.5 Å². The summed E-state index contributed by atoms with van der Waals surface area (Å²) >= 11 is 4.64. The van der Waals surface area contributed by atoms with E-state index in [4.69, 9.17) is 18.9 Å². The summed E-state index contributed by atoms with van der Waals surface area (Å²) < 4.78 is 39.1. The van der Waals surface area contributed by atoms with Gasteiger partial charge in [-0.05, 0) is 80.3 Å². The fraction of sp³-hybridized carbons (Fsp3) is 0.526. The molecule has 1 fully saturated rings. The molecule has 250 valence electrons. The SMILES string of the molecule is CCl.COc1c(CCC(C)C)ccc2c1CC(=O)OCC1/C=C(/C)C/C=C(/OC(=O)C3(c4cccc(F)c4)CCCCC3)C(C1)O2. The van der Waals surface area contributed by atoms with Crippen molar-refractivity contribution < 1.29 is 32.9 Å². The molecule has 2 unspecified atom stereocenters. The lowest BCUT2D eigenvalue weighted by molar-refractivity contribution is -0.149. The quantitative estimate of drug-likeness (QED) is 0.169. The number of aryl methyl sites for hydroxylation is 1. The van der Waals surface area contributed by atoms with Crippen LogP contribution >= 0.6 is 11.6 Å². The number of halogens is 2. The number of cyclic esters (lactones) is 1. The fourth-order valence-electron chi connectivity index (χ4n) is 6.79. The number of hydrogen-bond donors (Lipinski definition) is 0. The van der Waals surface area contributed by atoms with Crippen LogP contribution in [0.5, 0.6) is 11.5 Å². The van der Waals surface area contributed by atoms with Gasteiger partial charge in [0, 0.05) is 24.3 Å². The molecule has 8 heteroatoms. The molecule has 0 N–H and O–H groups in total. The highest BCUT2D eigenvalue weighted by atomic mass is 35.5. The molecule has 2 atom stereocenters. The Morgan fingerprint density at radius 2 is 1.89 bits per heavy atom. The Morgan fingerprint density at radius 3 is 2.59 bits per heavy atom. The van der Waals surface area contributed by atoms with Gasteiger partial charge in [0.05, 0.1) is 25.6 Å². The van der Waals surface area contributed by atoms with Crippen LogP contribution in [-0.2, 0) is 37.3 Å². The summed E-state index contributed by atoms with van der Waals surface area (Å²) in [5.41, 5.74) is 2.47. The number of carbonyl (C=O) groups excluding carboxylic acids is 2. The summed E-state index contributed by atoms with van der Waals surface area (Å²) in [6, 6.07) is 10.3. The van der Waals surface area contributed by atoms with E-state index in [0.717, 1.165) is 43.2 Å². The molecule has 2 aromatic rings. The Labute approximate surface area is 278 Å². The average Bonchev–Trinajstić information content (AvgIpc) is 3.05. The van der Waals surface area contributed by atoms with E-state index in [0.29, 0.717) is 60.0 Å². The Balaban J connectivity index is 0.00000235. The lowest BCUT2D eigenvalue weighted by Crippen LogP contribution is -2.41. The van der Waals surface area contributed by atoms with Crippen LogP contribution in [-0.4, -0.2) is 38.1 Å². The topological polar surface area (TPSA) is 71.1 Å². The summed E-state index contributed by atoms with van der Waals surface area (Å²) in [6.07, 6.45) is 11.7. The summed E-state index contributed by atoms with van der Waals surface area (Å²) in [5.74, 6) is 0.908. The van der Waals surface area contributed by atoms with Crippen molar-refractivity contribution in [1.82, 2.24) is 0 Å². The van der Waals surface area contributed by atoms with Crippen LogP contribution < -0.4 is 9.47 Å². The first-order chi connectivity index (χ1) is 22.2. The molecule has 0 spiro atoms.